The molecule has 0 fully saturated rings. The molecule has 0 aliphatic rings. The molecule has 1 aromatic carbocycles. The third-order valence-corrected chi connectivity index (χ3v) is 2.91. The topological polar surface area (TPSA) is 34.1 Å². The zero-order valence-corrected chi connectivity index (χ0v) is 10.9. The fraction of sp³-hybridized carbons (Fsp3) is 0.467. The average molecular weight is 250 g/mol. The van der Waals surface area contributed by atoms with Gasteiger partial charge in [-0.3, -0.25) is 9.59 Å². The molecule has 0 aromatic heterocycles. The fourth-order valence-electron chi connectivity index (χ4n) is 1.71. The Balaban J connectivity index is 2.76. The number of unbranched alkanes of at least 4 members (excludes halogenated alkanes) is 1. The molecule has 1 rings (SSSR count). The van der Waals surface area contributed by atoms with Crippen LogP contribution in [-0.2, 0) is 11.2 Å². The molecule has 0 saturated carbocycles. The number of carbonyl (C=O) groups excluding carboxylic acids is 2. The molecule has 0 N–H and O–H groups in total. The average Bonchev–Trinajstić information content (AvgIpc) is 2.43. The molecule has 1 aromatic rings. The van der Waals surface area contributed by atoms with Gasteiger partial charge in [-0.15, -0.1) is 0 Å². The summed E-state index contributed by atoms with van der Waals surface area (Å²) >= 11 is 0. The molecular formula is C15H19FO2. The van der Waals surface area contributed by atoms with Crippen LogP contribution in [0.15, 0.2) is 24.3 Å². The number of aryl methyl sites for hydroxylation is 1. The van der Waals surface area contributed by atoms with Gasteiger partial charge in [-0.05, 0) is 24.5 Å². The van der Waals surface area contributed by atoms with E-state index in [1.165, 1.54) is 0 Å². The number of alkyl halides is 1. The Morgan fingerprint density at radius 2 is 2.00 bits per heavy atom. The van der Waals surface area contributed by atoms with Gasteiger partial charge in [0, 0.05) is 12.0 Å². The standard InChI is InChI=1S/C15H19FO2/c1-3-5-9-13(17)14(16)15(18)12-8-6-7-11(4-2)10-12/h6-8,10,14H,3-5,9H2,1-2H3. The second-order valence-corrected chi connectivity index (χ2v) is 4.35. The van der Waals surface area contributed by atoms with Crippen LogP contribution in [-0.4, -0.2) is 17.7 Å². The maximum atomic E-state index is 13.7. The van der Waals surface area contributed by atoms with Crippen molar-refractivity contribution in [1.29, 1.82) is 0 Å². The third-order valence-electron chi connectivity index (χ3n) is 2.91. The Labute approximate surface area is 107 Å². The molecular weight excluding hydrogens is 231 g/mol. The normalized spacial score (nSPS) is 12.2. The summed E-state index contributed by atoms with van der Waals surface area (Å²) in [7, 11) is 0. The van der Waals surface area contributed by atoms with Gasteiger partial charge in [-0.2, -0.15) is 0 Å². The monoisotopic (exact) mass is 250 g/mol. The Morgan fingerprint density at radius 1 is 1.28 bits per heavy atom. The second-order valence-electron chi connectivity index (χ2n) is 4.35. The van der Waals surface area contributed by atoms with E-state index in [0.717, 1.165) is 18.4 Å². The van der Waals surface area contributed by atoms with Gasteiger partial charge in [0.2, 0.25) is 12.0 Å². The predicted octanol–water partition coefficient (Wildman–Crippen LogP) is 3.53. The predicted molar refractivity (Wildman–Crippen MR) is 69.6 cm³/mol. The van der Waals surface area contributed by atoms with Gasteiger partial charge in [0.15, 0.2) is 5.78 Å². The molecule has 98 valence electrons. The van der Waals surface area contributed by atoms with Crippen molar-refractivity contribution in [2.45, 2.75) is 45.7 Å². The lowest BCUT2D eigenvalue weighted by atomic mass is 9.99. The first kappa shape index (κ1) is 14.6. The van der Waals surface area contributed by atoms with E-state index in [0.29, 0.717) is 6.42 Å². The van der Waals surface area contributed by atoms with Crippen LogP contribution in [0.3, 0.4) is 0 Å². The van der Waals surface area contributed by atoms with Crippen molar-refractivity contribution >= 4 is 11.6 Å². The number of ketones is 2. The highest BCUT2D eigenvalue weighted by molar-refractivity contribution is 6.13. The van der Waals surface area contributed by atoms with Crippen molar-refractivity contribution < 1.29 is 14.0 Å². The number of carbonyl (C=O) groups is 2. The molecule has 3 heteroatoms. The van der Waals surface area contributed by atoms with Crippen LogP contribution in [0.2, 0.25) is 0 Å². The van der Waals surface area contributed by atoms with Crippen LogP contribution >= 0.6 is 0 Å². The Hall–Kier alpha value is -1.51. The van der Waals surface area contributed by atoms with E-state index in [1.807, 2.05) is 19.9 Å². The van der Waals surface area contributed by atoms with Crippen molar-refractivity contribution in [3.63, 3.8) is 0 Å². The molecule has 0 saturated heterocycles. The van der Waals surface area contributed by atoms with Crippen molar-refractivity contribution in [2.24, 2.45) is 0 Å². The summed E-state index contributed by atoms with van der Waals surface area (Å²) in [5.41, 5.74) is 1.25. The van der Waals surface area contributed by atoms with Crippen molar-refractivity contribution in [3.8, 4) is 0 Å². The highest BCUT2D eigenvalue weighted by atomic mass is 19.1. The number of Topliss-reactive ketones (excluding diaryl/α,β-unsaturated/α-hetero) is 2. The molecule has 0 spiro atoms. The van der Waals surface area contributed by atoms with Gasteiger partial charge in [0.25, 0.3) is 0 Å². The molecule has 0 aliphatic heterocycles. The van der Waals surface area contributed by atoms with Crippen molar-refractivity contribution in [3.05, 3.63) is 35.4 Å². The van der Waals surface area contributed by atoms with Gasteiger partial charge in [0.05, 0.1) is 0 Å². The summed E-state index contributed by atoms with van der Waals surface area (Å²) in [4.78, 5) is 23.3. The van der Waals surface area contributed by atoms with Crippen LogP contribution in [0.5, 0.6) is 0 Å². The van der Waals surface area contributed by atoms with Crippen molar-refractivity contribution in [1.82, 2.24) is 0 Å². The van der Waals surface area contributed by atoms with Crippen LogP contribution in [0, 0.1) is 0 Å². The van der Waals surface area contributed by atoms with E-state index >= 15 is 0 Å². The van der Waals surface area contributed by atoms with Gasteiger partial charge < -0.3 is 0 Å². The third kappa shape index (κ3) is 3.76. The number of rotatable bonds is 7. The van der Waals surface area contributed by atoms with Crippen LogP contribution in [0.1, 0.15) is 49.0 Å². The maximum Gasteiger partial charge on any atom is 0.220 e. The maximum absolute atomic E-state index is 13.7. The summed E-state index contributed by atoms with van der Waals surface area (Å²) < 4.78 is 13.7. The number of benzene rings is 1. The summed E-state index contributed by atoms with van der Waals surface area (Å²) in [6, 6.07) is 6.81. The summed E-state index contributed by atoms with van der Waals surface area (Å²) in [5.74, 6) is -1.32. The first-order valence-electron chi connectivity index (χ1n) is 6.40. The van der Waals surface area contributed by atoms with E-state index in [4.69, 9.17) is 0 Å². The summed E-state index contributed by atoms with van der Waals surface area (Å²) in [5, 5.41) is 0. The second kappa shape index (κ2) is 7.04. The summed E-state index contributed by atoms with van der Waals surface area (Å²) in [6.07, 6.45) is 0.349. The lowest BCUT2D eigenvalue weighted by molar-refractivity contribution is -0.122. The zero-order valence-electron chi connectivity index (χ0n) is 10.9. The molecule has 0 aliphatic carbocycles. The molecule has 1 atom stereocenters. The quantitative estimate of drug-likeness (QED) is 0.548. The van der Waals surface area contributed by atoms with Gasteiger partial charge in [-0.1, -0.05) is 38.5 Å². The summed E-state index contributed by atoms with van der Waals surface area (Å²) in [6.45, 7) is 3.88. The minimum atomic E-state index is -2.01. The zero-order chi connectivity index (χ0) is 13.5. The van der Waals surface area contributed by atoms with Crippen molar-refractivity contribution in [2.75, 3.05) is 0 Å². The lowest BCUT2D eigenvalue weighted by Crippen LogP contribution is -2.25. The Kier molecular flexibility index (Phi) is 5.69. The SMILES string of the molecule is CCCCC(=O)C(F)C(=O)c1cccc(CC)c1. The Bertz CT molecular complexity index is 426. The van der Waals surface area contributed by atoms with Crippen LogP contribution in [0.4, 0.5) is 4.39 Å². The van der Waals surface area contributed by atoms with Crippen LogP contribution < -0.4 is 0 Å². The first-order valence-corrected chi connectivity index (χ1v) is 6.40. The molecule has 0 heterocycles. The molecule has 1 unspecified atom stereocenters. The number of hydrogen-bond donors (Lipinski definition) is 0. The number of hydrogen-bond acceptors (Lipinski definition) is 2. The smallest absolute Gasteiger partial charge is 0.220 e. The lowest BCUT2D eigenvalue weighted by Gasteiger charge is -2.07. The highest BCUT2D eigenvalue weighted by Gasteiger charge is 2.26. The largest absolute Gasteiger partial charge is 0.296 e. The Morgan fingerprint density at radius 3 is 2.61 bits per heavy atom. The van der Waals surface area contributed by atoms with Crippen LogP contribution in [0.25, 0.3) is 0 Å². The fourth-order valence-corrected chi connectivity index (χ4v) is 1.71. The molecule has 0 amide bonds. The van der Waals surface area contributed by atoms with E-state index in [1.54, 1.807) is 18.2 Å². The van der Waals surface area contributed by atoms with E-state index in [-0.39, 0.29) is 12.0 Å². The van der Waals surface area contributed by atoms with Gasteiger partial charge >= 0.3 is 0 Å². The van der Waals surface area contributed by atoms with E-state index in [2.05, 4.69) is 0 Å². The highest BCUT2D eigenvalue weighted by Crippen LogP contribution is 2.13. The molecule has 18 heavy (non-hydrogen) atoms. The number of halogens is 1. The van der Waals surface area contributed by atoms with E-state index in [9.17, 15) is 14.0 Å². The minimum Gasteiger partial charge on any atom is -0.296 e. The van der Waals surface area contributed by atoms with E-state index < -0.39 is 17.7 Å². The minimum absolute atomic E-state index is 0.136. The van der Waals surface area contributed by atoms with Gasteiger partial charge in [-0.25, -0.2) is 4.39 Å². The molecule has 2 nitrogen and oxygen atoms in total. The first-order chi connectivity index (χ1) is 8.60. The van der Waals surface area contributed by atoms with Gasteiger partial charge in [0.1, 0.15) is 0 Å². The molecule has 0 radical (unpaired) electrons. The molecule has 0 bridgehead atoms.